The zero-order valence-electron chi connectivity index (χ0n) is 19.3. The van der Waals surface area contributed by atoms with Crippen LogP contribution in [0.4, 0.5) is 11.5 Å². The molecule has 170 valence electrons. The molecule has 3 aliphatic rings. The molecule has 5 rings (SSSR count). The number of carbonyl (C=O) groups is 1. The van der Waals surface area contributed by atoms with Gasteiger partial charge in [-0.1, -0.05) is 18.2 Å². The van der Waals surface area contributed by atoms with Crippen LogP contribution in [0, 0.1) is 0 Å². The summed E-state index contributed by atoms with van der Waals surface area (Å²) in [6.45, 7) is 7.53. The van der Waals surface area contributed by atoms with Gasteiger partial charge in [0.25, 0.3) is 0 Å². The van der Waals surface area contributed by atoms with Crippen molar-refractivity contribution in [2.45, 2.75) is 58.2 Å². The minimum atomic E-state index is -0.00355. The smallest absolute Gasteiger partial charge is 0.220 e. The number of likely N-dealkylation sites (tertiary alicyclic amines) is 1. The van der Waals surface area contributed by atoms with Crippen molar-refractivity contribution in [3.63, 3.8) is 0 Å². The van der Waals surface area contributed by atoms with Crippen molar-refractivity contribution in [2.75, 3.05) is 43.4 Å². The number of anilines is 2. The van der Waals surface area contributed by atoms with Crippen LogP contribution in [-0.4, -0.2) is 58.9 Å². The van der Waals surface area contributed by atoms with Gasteiger partial charge in [0.15, 0.2) is 5.82 Å². The number of rotatable bonds is 5. The summed E-state index contributed by atoms with van der Waals surface area (Å²) in [7, 11) is 1.93. The highest BCUT2D eigenvalue weighted by molar-refractivity contribution is 5.74. The summed E-state index contributed by atoms with van der Waals surface area (Å²) in [6, 6.07) is 8.86. The van der Waals surface area contributed by atoms with Crippen molar-refractivity contribution >= 4 is 17.4 Å². The maximum atomic E-state index is 12.1. The Balaban J connectivity index is 1.39. The third kappa shape index (κ3) is 4.06. The highest BCUT2D eigenvalue weighted by Crippen LogP contribution is 2.34. The standard InChI is InChI=1S/C25H34N6O/c1-18(32)31-14-7-10-23(31)25-27-21-17-29(15-11-20(21)24(26-2)28-25)16-19-8-3-4-9-22(19)30-12-5-6-13-30/h3-4,8-9,23H,5-7,10-17H2,1-2H3,(H,26,27,28)/t23-/m1/s1. The lowest BCUT2D eigenvalue weighted by atomic mass is 10.0. The van der Waals surface area contributed by atoms with Gasteiger partial charge in [-0.25, -0.2) is 9.97 Å². The normalized spacial score (nSPS) is 21.1. The van der Waals surface area contributed by atoms with E-state index in [0.717, 1.165) is 75.9 Å². The molecule has 1 amide bonds. The number of aromatic nitrogens is 2. The van der Waals surface area contributed by atoms with Crippen LogP contribution >= 0.6 is 0 Å². The molecule has 32 heavy (non-hydrogen) atoms. The van der Waals surface area contributed by atoms with Gasteiger partial charge >= 0.3 is 0 Å². The first kappa shape index (κ1) is 21.2. The number of para-hydroxylation sites is 1. The Labute approximate surface area is 190 Å². The molecular formula is C25H34N6O. The molecule has 0 saturated carbocycles. The molecule has 0 spiro atoms. The van der Waals surface area contributed by atoms with Gasteiger partial charge in [-0.2, -0.15) is 0 Å². The maximum Gasteiger partial charge on any atom is 0.220 e. The molecule has 2 aromatic rings. The molecule has 0 bridgehead atoms. The molecule has 2 saturated heterocycles. The number of nitrogens with one attached hydrogen (secondary N) is 1. The summed E-state index contributed by atoms with van der Waals surface area (Å²) < 4.78 is 0. The fourth-order valence-corrected chi connectivity index (χ4v) is 5.56. The lowest BCUT2D eigenvalue weighted by molar-refractivity contribution is -0.129. The molecular weight excluding hydrogens is 400 g/mol. The van der Waals surface area contributed by atoms with Gasteiger partial charge in [0, 0.05) is 64.5 Å². The molecule has 1 aromatic carbocycles. The second-order valence-electron chi connectivity index (χ2n) is 9.26. The van der Waals surface area contributed by atoms with Crippen LogP contribution in [0.25, 0.3) is 0 Å². The van der Waals surface area contributed by atoms with Crippen LogP contribution in [0.3, 0.4) is 0 Å². The molecule has 0 aliphatic carbocycles. The summed E-state index contributed by atoms with van der Waals surface area (Å²) in [6.07, 6.45) is 5.47. The molecule has 3 aliphatic heterocycles. The predicted molar refractivity (Wildman–Crippen MR) is 127 cm³/mol. The highest BCUT2D eigenvalue weighted by atomic mass is 16.2. The number of nitrogens with zero attached hydrogens (tertiary/aromatic N) is 5. The molecule has 4 heterocycles. The van der Waals surface area contributed by atoms with Crippen molar-refractivity contribution in [3.8, 4) is 0 Å². The Kier molecular flexibility index (Phi) is 6.00. The van der Waals surface area contributed by atoms with Gasteiger partial charge in [-0.15, -0.1) is 0 Å². The SMILES string of the molecule is CNc1nc([C@H]2CCCN2C(C)=O)nc2c1CCN(Cc1ccccc1N1CCCC1)C2. The van der Waals surface area contributed by atoms with Crippen molar-refractivity contribution in [1.29, 1.82) is 0 Å². The molecule has 0 unspecified atom stereocenters. The highest BCUT2D eigenvalue weighted by Gasteiger charge is 2.32. The Morgan fingerprint density at radius 2 is 1.91 bits per heavy atom. The second-order valence-corrected chi connectivity index (χ2v) is 9.26. The van der Waals surface area contributed by atoms with E-state index in [0.29, 0.717) is 0 Å². The van der Waals surface area contributed by atoms with E-state index in [1.165, 1.54) is 29.7 Å². The zero-order chi connectivity index (χ0) is 22.1. The largest absolute Gasteiger partial charge is 0.373 e. The van der Waals surface area contributed by atoms with Crippen molar-refractivity contribution in [2.24, 2.45) is 0 Å². The van der Waals surface area contributed by atoms with Gasteiger partial charge < -0.3 is 15.1 Å². The van der Waals surface area contributed by atoms with Gasteiger partial charge in [0.05, 0.1) is 11.7 Å². The van der Waals surface area contributed by atoms with Gasteiger partial charge in [0.2, 0.25) is 5.91 Å². The van der Waals surface area contributed by atoms with Crippen LogP contribution in [0.15, 0.2) is 24.3 Å². The van der Waals surface area contributed by atoms with E-state index in [1.807, 2.05) is 11.9 Å². The summed E-state index contributed by atoms with van der Waals surface area (Å²) in [5.74, 6) is 1.83. The van der Waals surface area contributed by atoms with E-state index in [1.54, 1.807) is 6.92 Å². The molecule has 1 aromatic heterocycles. The predicted octanol–water partition coefficient (Wildman–Crippen LogP) is 3.36. The quantitative estimate of drug-likeness (QED) is 0.779. The molecule has 2 fully saturated rings. The maximum absolute atomic E-state index is 12.1. The van der Waals surface area contributed by atoms with Crippen molar-refractivity contribution in [1.82, 2.24) is 19.8 Å². The minimum Gasteiger partial charge on any atom is -0.373 e. The second kappa shape index (κ2) is 9.06. The molecule has 0 radical (unpaired) electrons. The third-order valence-corrected chi connectivity index (χ3v) is 7.19. The number of carbonyl (C=O) groups excluding carboxylic acids is 1. The van der Waals surface area contributed by atoms with E-state index in [-0.39, 0.29) is 11.9 Å². The average molecular weight is 435 g/mol. The summed E-state index contributed by atoms with van der Waals surface area (Å²) >= 11 is 0. The first-order chi connectivity index (χ1) is 15.6. The van der Waals surface area contributed by atoms with Crippen molar-refractivity contribution < 1.29 is 4.79 Å². The Bertz CT molecular complexity index is 986. The Hall–Kier alpha value is -2.67. The van der Waals surface area contributed by atoms with Crippen LogP contribution in [0.1, 0.15) is 61.3 Å². The Morgan fingerprint density at radius 1 is 1.09 bits per heavy atom. The van der Waals surface area contributed by atoms with Gasteiger partial charge in [-0.05, 0) is 43.7 Å². The van der Waals surface area contributed by atoms with Crippen LogP contribution in [-0.2, 0) is 24.3 Å². The van der Waals surface area contributed by atoms with Crippen LogP contribution in [0.5, 0.6) is 0 Å². The van der Waals surface area contributed by atoms with E-state index in [9.17, 15) is 4.79 Å². The first-order valence-corrected chi connectivity index (χ1v) is 12.0. The topological polar surface area (TPSA) is 64.6 Å². The number of hydrogen-bond donors (Lipinski definition) is 1. The molecule has 1 atom stereocenters. The Morgan fingerprint density at radius 3 is 2.69 bits per heavy atom. The zero-order valence-corrected chi connectivity index (χ0v) is 19.3. The minimum absolute atomic E-state index is 0.00355. The fraction of sp³-hybridized carbons (Fsp3) is 0.560. The fourth-order valence-electron chi connectivity index (χ4n) is 5.56. The van der Waals surface area contributed by atoms with E-state index >= 15 is 0 Å². The number of amides is 1. The monoisotopic (exact) mass is 434 g/mol. The summed E-state index contributed by atoms with van der Waals surface area (Å²) in [4.78, 5) is 29.0. The van der Waals surface area contributed by atoms with Crippen LogP contribution < -0.4 is 10.2 Å². The third-order valence-electron chi connectivity index (χ3n) is 7.19. The molecule has 7 heteroatoms. The summed E-state index contributed by atoms with van der Waals surface area (Å²) in [5.41, 5.74) is 5.13. The first-order valence-electron chi connectivity index (χ1n) is 12.0. The van der Waals surface area contributed by atoms with E-state index < -0.39 is 0 Å². The average Bonchev–Trinajstić information content (AvgIpc) is 3.51. The van der Waals surface area contributed by atoms with E-state index in [2.05, 4.69) is 39.4 Å². The van der Waals surface area contributed by atoms with Crippen molar-refractivity contribution in [3.05, 3.63) is 46.9 Å². The van der Waals surface area contributed by atoms with Gasteiger partial charge in [0.1, 0.15) is 5.82 Å². The lowest BCUT2D eigenvalue weighted by Gasteiger charge is -2.32. The summed E-state index contributed by atoms with van der Waals surface area (Å²) in [5, 5.41) is 3.29. The van der Waals surface area contributed by atoms with Gasteiger partial charge in [-0.3, -0.25) is 9.69 Å². The molecule has 1 N–H and O–H groups in total. The number of benzene rings is 1. The van der Waals surface area contributed by atoms with E-state index in [4.69, 9.17) is 9.97 Å². The number of hydrogen-bond acceptors (Lipinski definition) is 6. The molecule has 7 nitrogen and oxygen atoms in total. The lowest BCUT2D eigenvalue weighted by Crippen LogP contribution is -2.34. The van der Waals surface area contributed by atoms with Crippen LogP contribution in [0.2, 0.25) is 0 Å². The number of fused-ring (bicyclic) bond motifs is 1.